The van der Waals surface area contributed by atoms with Gasteiger partial charge in [-0.1, -0.05) is 6.42 Å². The quantitative estimate of drug-likeness (QED) is 0.587. The molecule has 2 saturated heterocycles. The first-order valence-electron chi connectivity index (χ1n) is 10.1. The molecule has 0 radical (unpaired) electrons. The first-order chi connectivity index (χ1) is 12.6. The van der Waals surface area contributed by atoms with Crippen molar-refractivity contribution in [3.05, 3.63) is 0 Å². The second-order valence-corrected chi connectivity index (χ2v) is 9.29. The summed E-state index contributed by atoms with van der Waals surface area (Å²) in [6.07, 6.45) is 3.03. The largest absolute Gasteiger partial charge is 0.460 e. The summed E-state index contributed by atoms with van der Waals surface area (Å²) in [5.41, 5.74) is -1.36. The summed E-state index contributed by atoms with van der Waals surface area (Å²) >= 11 is 0. The number of aliphatic hydroxyl groups excluding tert-OH is 1. The molecular weight excluding hydrogens is 348 g/mol. The summed E-state index contributed by atoms with van der Waals surface area (Å²) < 4.78 is 5.54. The number of ether oxygens (including phenoxy) is 1. The molecule has 0 aromatic rings. The van der Waals surface area contributed by atoms with E-state index in [0.717, 1.165) is 19.3 Å². The van der Waals surface area contributed by atoms with E-state index in [4.69, 9.17) is 4.74 Å². The third-order valence-electron chi connectivity index (χ3n) is 6.08. The van der Waals surface area contributed by atoms with Crippen LogP contribution in [0.25, 0.3) is 0 Å². The highest BCUT2D eigenvalue weighted by molar-refractivity contribution is 5.98. The maximum absolute atomic E-state index is 13.2. The molecule has 2 amide bonds. The molecular formula is C20H32N2O5. The third-order valence-corrected chi connectivity index (χ3v) is 6.08. The first kappa shape index (κ1) is 20.1. The lowest BCUT2D eigenvalue weighted by atomic mass is 9.69. The van der Waals surface area contributed by atoms with E-state index in [-0.39, 0.29) is 17.8 Å². The van der Waals surface area contributed by atoms with Crippen molar-refractivity contribution in [2.24, 2.45) is 11.3 Å². The molecule has 1 spiro atoms. The van der Waals surface area contributed by atoms with Crippen molar-refractivity contribution >= 4 is 17.8 Å². The molecule has 3 rings (SSSR count). The highest BCUT2D eigenvalue weighted by atomic mass is 16.6. The van der Waals surface area contributed by atoms with Crippen LogP contribution in [0.3, 0.4) is 0 Å². The van der Waals surface area contributed by atoms with Crippen molar-refractivity contribution in [1.82, 2.24) is 9.80 Å². The van der Waals surface area contributed by atoms with Gasteiger partial charge in [-0.15, -0.1) is 0 Å². The predicted molar refractivity (Wildman–Crippen MR) is 98.6 cm³/mol. The average Bonchev–Trinajstić information content (AvgIpc) is 3.22. The number of aliphatic hydroxyl groups is 1. The van der Waals surface area contributed by atoms with Crippen LogP contribution in [0.5, 0.6) is 0 Å². The molecule has 0 aromatic heterocycles. The minimum atomic E-state index is -0.944. The molecule has 1 saturated carbocycles. The van der Waals surface area contributed by atoms with Crippen molar-refractivity contribution in [1.29, 1.82) is 0 Å². The zero-order chi connectivity index (χ0) is 20.0. The molecule has 152 valence electrons. The van der Waals surface area contributed by atoms with E-state index in [1.165, 1.54) is 4.90 Å². The molecule has 4 atom stereocenters. The molecule has 3 fully saturated rings. The predicted octanol–water partition coefficient (Wildman–Crippen LogP) is 1.33. The standard InChI is InChI=1S/C20H32N2O5/c1-13(23)15(16(24)21-10-5-6-11-21)22-12-20(18(22)26)9-7-8-14(20)17(25)27-19(2,3)4/h13-15,23H,5-12H2,1-4H3/t13-,14?,15?,20?/m1/s1. The number of β-lactam (4-membered cyclic amide) rings is 1. The minimum Gasteiger partial charge on any atom is -0.460 e. The van der Waals surface area contributed by atoms with Crippen molar-refractivity contribution in [3.8, 4) is 0 Å². The molecule has 2 heterocycles. The molecule has 27 heavy (non-hydrogen) atoms. The summed E-state index contributed by atoms with van der Waals surface area (Å²) in [4.78, 5) is 41.9. The Bertz CT molecular complexity index is 620. The van der Waals surface area contributed by atoms with Gasteiger partial charge in [0.25, 0.3) is 0 Å². The lowest BCUT2D eigenvalue weighted by Gasteiger charge is -2.53. The third kappa shape index (κ3) is 3.58. The van der Waals surface area contributed by atoms with Crippen molar-refractivity contribution in [3.63, 3.8) is 0 Å². The second-order valence-electron chi connectivity index (χ2n) is 9.29. The highest BCUT2D eigenvalue weighted by Crippen LogP contribution is 2.52. The Morgan fingerprint density at radius 3 is 2.37 bits per heavy atom. The lowest BCUT2D eigenvalue weighted by Crippen LogP contribution is -2.71. The number of hydrogen-bond acceptors (Lipinski definition) is 5. The lowest BCUT2D eigenvalue weighted by molar-refractivity contribution is -0.187. The smallest absolute Gasteiger partial charge is 0.310 e. The first-order valence-corrected chi connectivity index (χ1v) is 10.1. The highest BCUT2D eigenvalue weighted by Gasteiger charge is 2.64. The van der Waals surface area contributed by atoms with Crippen LogP contribution in [0.1, 0.15) is 59.8 Å². The van der Waals surface area contributed by atoms with Gasteiger partial charge in [0.15, 0.2) is 0 Å². The van der Waals surface area contributed by atoms with E-state index in [1.54, 1.807) is 11.8 Å². The monoisotopic (exact) mass is 380 g/mol. The summed E-state index contributed by atoms with van der Waals surface area (Å²) in [5.74, 6) is -1.16. The number of hydrogen-bond donors (Lipinski definition) is 1. The number of esters is 1. The van der Waals surface area contributed by atoms with Crippen molar-refractivity contribution in [2.75, 3.05) is 19.6 Å². The van der Waals surface area contributed by atoms with Gasteiger partial charge in [-0.2, -0.15) is 0 Å². The van der Waals surface area contributed by atoms with Gasteiger partial charge in [0.1, 0.15) is 11.6 Å². The fourth-order valence-corrected chi connectivity index (χ4v) is 4.82. The van der Waals surface area contributed by atoms with Crippen LogP contribution in [-0.4, -0.2) is 70.1 Å². The number of carbonyl (C=O) groups is 3. The van der Waals surface area contributed by atoms with Crippen LogP contribution < -0.4 is 0 Å². The van der Waals surface area contributed by atoms with Crippen molar-refractivity contribution < 1.29 is 24.2 Å². The molecule has 0 aromatic carbocycles. The zero-order valence-electron chi connectivity index (χ0n) is 16.9. The Morgan fingerprint density at radius 2 is 1.85 bits per heavy atom. The fourth-order valence-electron chi connectivity index (χ4n) is 4.82. The van der Waals surface area contributed by atoms with E-state index >= 15 is 0 Å². The van der Waals surface area contributed by atoms with Gasteiger partial charge >= 0.3 is 5.97 Å². The molecule has 3 aliphatic rings. The molecule has 0 bridgehead atoms. The van der Waals surface area contributed by atoms with Crippen LogP contribution >= 0.6 is 0 Å². The molecule has 1 aliphatic carbocycles. The minimum absolute atomic E-state index is 0.183. The van der Waals surface area contributed by atoms with Crippen molar-refractivity contribution in [2.45, 2.75) is 77.5 Å². The maximum atomic E-state index is 13.2. The van der Waals surface area contributed by atoms with Gasteiger partial charge in [0.2, 0.25) is 11.8 Å². The average molecular weight is 380 g/mol. The molecule has 3 unspecified atom stereocenters. The SMILES string of the molecule is C[C@@H](O)C(C(=O)N1CCCC1)N1CC2(CCCC2C(=O)OC(C)(C)C)C1=O. The molecule has 1 N–H and O–H groups in total. The number of nitrogens with zero attached hydrogens (tertiary/aromatic N) is 2. The van der Waals surface area contributed by atoms with Gasteiger partial charge in [-0.05, 0) is 53.4 Å². The Morgan fingerprint density at radius 1 is 1.22 bits per heavy atom. The summed E-state index contributed by atoms with van der Waals surface area (Å²) in [5, 5.41) is 10.2. The number of likely N-dealkylation sites (tertiary alicyclic amines) is 2. The van der Waals surface area contributed by atoms with Crippen LogP contribution in [0.2, 0.25) is 0 Å². The van der Waals surface area contributed by atoms with Crippen LogP contribution in [0.4, 0.5) is 0 Å². The van der Waals surface area contributed by atoms with E-state index in [9.17, 15) is 19.5 Å². The van der Waals surface area contributed by atoms with Gasteiger partial charge in [-0.3, -0.25) is 14.4 Å². The van der Waals surface area contributed by atoms with E-state index in [1.807, 2.05) is 20.8 Å². The van der Waals surface area contributed by atoms with E-state index < -0.39 is 29.1 Å². The van der Waals surface area contributed by atoms with Gasteiger partial charge in [-0.25, -0.2) is 0 Å². The second kappa shape index (κ2) is 7.08. The van der Waals surface area contributed by atoms with Gasteiger partial charge in [0.05, 0.1) is 17.4 Å². The Balaban J connectivity index is 1.75. The Kier molecular flexibility index (Phi) is 5.27. The van der Waals surface area contributed by atoms with Crippen LogP contribution in [-0.2, 0) is 19.1 Å². The van der Waals surface area contributed by atoms with Crippen LogP contribution in [0, 0.1) is 11.3 Å². The maximum Gasteiger partial charge on any atom is 0.310 e. The Hall–Kier alpha value is -1.63. The summed E-state index contributed by atoms with van der Waals surface area (Å²) in [6.45, 7) is 8.70. The van der Waals surface area contributed by atoms with Gasteiger partial charge in [0, 0.05) is 19.6 Å². The topological polar surface area (TPSA) is 87.2 Å². The molecule has 2 aliphatic heterocycles. The number of rotatable bonds is 4. The molecule has 7 heteroatoms. The summed E-state index contributed by atoms with van der Waals surface area (Å²) in [6, 6.07) is -0.860. The fraction of sp³-hybridized carbons (Fsp3) is 0.850. The molecule has 7 nitrogen and oxygen atoms in total. The van der Waals surface area contributed by atoms with E-state index in [0.29, 0.717) is 32.5 Å². The number of carbonyl (C=O) groups excluding carboxylic acids is 3. The summed E-state index contributed by atoms with van der Waals surface area (Å²) in [7, 11) is 0. The van der Waals surface area contributed by atoms with E-state index in [2.05, 4.69) is 0 Å². The van der Waals surface area contributed by atoms with Crippen LogP contribution in [0.15, 0.2) is 0 Å². The normalized spacial score (nSPS) is 30.4. The zero-order valence-corrected chi connectivity index (χ0v) is 16.9. The van der Waals surface area contributed by atoms with Gasteiger partial charge < -0.3 is 19.6 Å². The number of amides is 2. The Labute approximate surface area is 161 Å².